The van der Waals surface area contributed by atoms with Crippen LogP contribution in [0.15, 0.2) is 0 Å². The van der Waals surface area contributed by atoms with Gasteiger partial charge in [0.25, 0.3) is 0 Å². The van der Waals surface area contributed by atoms with E-state index in [0.717, 1.165) is 12.8 Å². The van der Waals surface area contributed by atoms with Crippen LogP contribution in [0.5, 0.6) is 0 Å². The highest BCUT2D eigenvalue weighted by Crippen LogP contribution is 1.97. The second kappa shape index (κ2) is 6.16. The summed E-state index contributed by atoms with van der Waals surface area (Å²) in [4.78, 5) is 10.9. The van der Waals surface area contributed by atoms with Gasteiger partial charge >= 0.3 is 0 Å². The van der Waals surface area contributed by atoms with Gasteiger partial charge in [0.15, 0.2) is 0 Å². The highest BCUT2D eigenvalue weighted by molar-refractivity contribution is 5.76. The molecule has 0 aromatic heterocycles. The maximum atomic E-state index is 10.9. The molecule has 0 aliphatic rings. The molecule has 0 saturated heterocycles. The Hall–Kier alpha value is -0.570. The van der Waals surface area contributed by atoms with E-state index < -0.39 is 0 Å². The molecule has 1 atom stereocenters. The van der Waals surface area contributed by atoms with Gasteiger partial charge in [-0.3, -0.25) is 4.79 Å². The normalized spacial score (nSPS) is 12.6. The van der Waals surface area contributed by atoms with Gasteiger partial charge in [0.05, 0.1) is 0 Å². The molecule has 0 fully saturated rings. The molecule has 11 heavy (non-hydrogen) atoms. The average Bonchev–Trinajstić information content (AvgIpc) is 1.87. The van der Waals surface area contributed by atoms with Crippen molar-refractivity contribution >= 4 is 5.91 Å². The number of hydrogen-bond donors (Lipinski definition) is 2. The minimum Gasteiger partial charge on any atom is -0.356 e. The van der Waals surface area contributed by atoms with Crippen LogP contribution in [0.25, 0.3) is 0 Å². The third-order valence-electron chi connectivity index (χ3n) is 1.48. The number of nitrogens with two attached hydrogens (primary N) is 1. The fourth-order valence-electron chi connectivity index (χ4n) is 0.980. The van der Waals surface area contributed by atoms with Gasteiger partial charge in [-0.25, -0.2) is 0 Å². The van der Waals surface area contributed by atoms with Crippen molar-refractivity contribution in [1.82, 2.24) is 5.32 Å². The molecule has 0 heterocycles. The van der Waals surface area contributed by atoms with E-state index in [1.807, 2.05) is 6.92 Å². The van der Waals surface area contributed by atoms with Crippen LogP contribution in [0.3, 0.4) is 0 Å². The summed E-state index contributed by atoms with van der Waals surface area (Å²) in [5.41, 5.74) is 5.65. The first-order chi connectivity index (χ1) is 5.20. The molecule has 1 unspecified atom stereocenters. The highest BCUT2D eigenvalue weighted by Gasteiger charge is 2.06. The minimum atomic E-state index is 0.0338. The maximum Gasteiger partial charge on any atom is 0.221 e. The van der Waals surface area contributed by atoms with E-state index >= 15 is 0 Å². The summed E-state index contributed by atoms with van der Waals surface area (Å²) < 4.78 is 0. The first kappa shape index (κ1) is 10.4. The highest BCUT2D eigenvalue weighted by atomic mass is 16.1. The Morgan fingerprint density at radius 3 is 2.64 bits per heavy atom. The van der Waals surface area contributed by atoms with Crippen LogP contribution >= 0.6 is 0 Å². The lowest BCUT2D eigenvalue weighted by Gasteiger charge is -2.08. The smallest absolute Gasteiger partial charge is 0.221 e. The predicted molar refractivity (Wildman–Crippen MR) is 46.2 cm³/mol. The molecule has 1 amide bonds. The van der Waals surface area contributed by atoms with Gasteiger partial charge in [-0.1, -0.05) is 13.3 Å². The lowest BCUT2D eigenvalue weighted by atomic mass is 10.1. The standard InChI is InChI=1S/C8H18N2O/c1-3-5-7(9)6-8(11)10-4-2/h7H,3-6,9H2,1-2H3,(H,10,11). The van der Waals surface area contributed by atoms with Crippen molar-refractivity contribution in [2.24, 2.45) is 5.73 Å². The third kappa shape index (κ3) is 5.85. The fraction of sp³-hybridized carbons (Fsp3) is 0.875. The number of rotatable bonds is 5. The molecule has 0 aliphatic carbocycles. The molecule has 0 saturated carbocycles. The molecule has 0 aromatic rings. The Morgan fingerprint density at radius 2 is 2.18 bits per heavy atom. The molecule has 66 valence electrons. The van der Waals surface area contributed by atoms with Crippen LogP contribution < -0.4 is 11.1 Å². The molecular weight excluding hydrogens is 140 g/mol. The first-order valence-electron chi connectivity index (χ1n) is 4.23. The quantitative estimate of drug-likeness (QED) is 0.617. The summed E-state index contributed by atoms with van der Waals surface area (Å²) in [5.74, 6) is 0.0634. The molecule has 0 aromatic carbocycles. The van der Waals surface area contributed by atoms with Crippen LogP contribution in [0.4, 0.5) is 0 Å². The van der Waals surface area contributed by atoms with Gasteiger partial charge in [0.2, 0.25) is 5.91 Å². The number of nitrogens with one attached hydrogen (secondary N) is 1. The second-order valence-corrected chi connectivity index (χ2v) is 2.71. The van der Waals surface area contributed by atoms with Crippen LogP contribution in [-0.2, 0) is 4.79 Å². The fourth-order valence-corrected chi connectivity index (χ4v) is 0.980. The molecule has 0 bridgehead atoms. The zero-order chi connectivity index (χ0) is 8.69. The van der Waals surface area contributed by atoms with Crippen LogP contribution in [0.1, 0.15) is 33.1 Å². The van der Waals surface area contributed by atoms with Gasteiger partial charge in [-0.05, 0) is 13.3 Å². The predicted octanol–water partition coefficient (Wildman–Crippen LogP) is 0.640. The molecule has 3 nitrogen and oxygen atoms in total. The van der Waals surface area contributed by atoms with E-state index in [1.54, 1.807) is 0 Å². The van der Waals surface area contributed by atoms with Gasteiger partial charge in [-0.15, -0.1) is 0 Å². The van der Waals surface area contributed by atoms with Gasteiger partial charge < -0.3 is 11.1 Å². The van der Waals surface area contributed by atoms with E-state index in [9.17, 15) is 4.79 Å². The van der Waals surface area contributed by atoms with E-state index in [4.69, 9.17) is 5.73 Å². The maximum absolute atomic E-state index is 10.9. The van der Waals surface area contributed by atoms with Crippen molar-refractivity contribution in [3.8, 4) is 0 Å². The Morgan fingerprint density at radius 1 is 1.55 bits per heavy atom. The molecular formula is C8H18N2O. The van der Waals surface area contributed by atoms with Crippen LogP contribution in [0.2, 0.25) is 0 Å². The van der Waals surface area contributed by atoms with E-state index in [2.05, 4.69) is 12.2 Å². The molecule has 3 heteroatoms. The number of hydrogen-bond acceptors (Lipinski definition) is 2. The second-order valence-electron chi connectivity index (χ2n) is 2.71. The number of carbonyl (C=O) groups excluding carboxylic acids is 1. The Kier molecular flexibility index (Phi) is 5.84. The summed E-state index contributed by atoms with van der Waals surface area (Å²) in [5, 5.41) is 2.72. The minimum absolute atomic E-state index is 0.0338. The van der Waals surface area contributed by atoms with Gasteiger partial charge in [-0.2, -0.15) is 0 Å². The Balaban J connectivity index is 3.40. The van der Waals surface area contributed by atoms with Crippen LogP contribution in [-0.4, -0.2) is 18.5 Å². The van der Waals surface area contributed by atoms with E-state index in [-0.39, 0.29) is 11.9 Å². The molecule has 0 aliphatic heterocycles. The summed E-state index contributed by atoms with van der Waals surface area (Å²) >= 11 is 0. The first-order valence-corrected chi connectivity index (χ1v) is 4.23. The summed E-state index contributed by atoms with van der Waals surface area (Å²) in [6.07, 6.45) is 2.43. The van der Waals surface area contributed by atoms with Crippen molar-refractivity contribution in [2.45, 2.75) is 39.2 Å². The Labute approximate surface area is 68.3 Å². The van der Waals surface area contributed by atoms with Gasteiger partial charge in [0, 0.05) is 19.0 Å². The van der Waals surface area contributed by atoms with Crippen molar-refractivity contribution in [3.63, 3.8) is 0 Å². The zero-order valence-electron chi connectivity index (χ0n) is 7.39. The van der Waals surface area contributed by atoms with Crippen molar-refractivity contribution in [1.29, 1.82) is 0 Å². The summed E-state index contributed by atoms with van der Waals surface area (Å²) in [7, 11) is 0. The molecule has 0 radical (unpaired) electrons. The molecule has 3 N–H and O–H groups in total. The topological polar surface area (TPSA) is 55.1 Å². The van der Waals surface area contributed by atoms with Crippen molar-refractivity contribution < 1.29 is 4.79 Å². The zero-order valence-corrected chi connectivity index (χ0v) is 7.39. The lowest BCUT2D eigenvalue weighted by molar-refractivity contribution is -0.121. The summed E-state index contributed by atoms with van der Waals surface area (Å²) in [6.45, 7) is 4.67. The average molecular weight is 158 g/mol. The van der Waals surface area contributed by atoms with Crippen LogP contribution in [0, 0.1) is 0 Å². The van der Waals surface area contributed by atoms with Gasteiger partial charge in [0.1, 0.15) is 0 Å². The van der Waals surface area contributed by atoms with E-state index in [1.165, 1.54) is 0 Å². The molecule has 0 spiro atoms. The third-order valence-corrected chi connectivity index (χ3v) is 1.48. The largest absolute Gasteiger partial charge is 0.356 e. The van der Waals surface area contributed by atoms with Crippen molar-refractivity contribution in [2.75, 3.05) is 6.54 Å². The van der Waals surface area contributed by atoms with E-state index in [0.29, 0.717) is 13.0 Å². The lowest BCUT2D eigenvalue weighted by Crippen LogP contribution is -2.31. The Bertz CT molecular complexity index is 115. The number of amides is 1. The number of carbonyl (C=O) groups is 1. The van der Waals surface area contributed by atoms with Crippen molar-refractivity contribution in [3.05, 3.63) is 0 Å². The molecule has 0 rings (SSSR count). The SMILES string of the molecule is CCCC(N)CC(=O)NCC. The monoisotopic (exact) mass is 158 g/mol. The summed E-state index contributed by atoms with van der Waals surface area (Å²) in [6, 6.07) is 0.0338.